The van der Waals surface area contributed by atoms with E-state index in [0.29, 0.717) is 17.5 Å². The molecule has 1 aromatic heterocycles. The van der Waals surface area contributed by atoms with Gasteiger partial charge in [-0.1, -0.05) is 25.1 Å². The Morgan fingerprint density at radius 1 is 1.26 bits per heavy atom. The molecule has 1 fully saturated rings. The maximum Gasteiger partial charge on any atom is 0.338 e. The molecule has 0 saturated carbocycles. The van der Waals surface area contributed by atoms with Gasteiger partial charge >= 0.3 is 5.97 Å². The van der Waals surface area contributed by atoms with E-state index in [9.17, 15) is 14.9 Å². The molecule has 1 saturated heterocycles. The van der Waals surface area contributed by atoms with Crippen LogP contribution in [-0.2, 0) is 11.3 Å². The van der Waals surface area contributed by atoms with Gasteiger partial charge < -0.3 is 14.1 Å². The molecular weight excluding hydrogens is 400 g/mol. The summed E-state index contributed by atoms with van der Waals surface area (Å²) >= 11 is 0. The lowest BCUT2D eigenvalue weighted by molar-refractivity contribution is -0.384. The van der Waals surface area contributed by atoms with Crippen LogP contribution in [0.5, 0.6) is 0 Å². The number of esters is 1. The molecule has 9 heteroatoms. The number of nitrogens with zero attached hydrogens (tertiary/aromatic N) is 4. The van der Waals surface area contributed by atoms with E-state index < -0.39 is 10.9 Å². The lowest BCUT2D eigenvalue weighted by Crippen LogP contribution is -2.34. The third-order valence-corrected chi connectivity index (χ3v) is 5.22. The molecule has 3 aromatic rings. The maximum atomic E-state index is 12.5. The van der Waals surface area contributed by atoms with Crippen molar-refractivity contribution >= 4 is 17.3 Å². The van der Waals surface area contributed by atoms with E-state index >= 15 is 0 Å². The van der Waals surface area contributed by atoms with Gasteiger partial charge in [-0.2, -0.15) is 0 Å². The molecule has 2 heterocycles. The Morgan fingerprint density at radius 2 is 2.06 bits per heavy atom. The van der Waals surface area contributed by atoms with Gasteiger partial charge in [-0.05, 0) is 43.0 Å². The fourth-order valence-electron chi connectivity index (χ4n) is 3.69. The van der Waals surface area contributed by atoms with Gasteiger partial charge in [-0.3, -0.25) is 10.1 Å². The molecule has 0 amide bonds. The van der Waals surface area contributed by atoms with Crippen LogP contribution in [0.15, 0.2) is 52.9 Å². The Labute approximate surface area is 178 Å². The Balaban J connectivity index is 1.45. The van der Waals surface area contributed by atoms with Crippen molar-refractivity contribution in [2.75, 3.05) is 18.0 Å². The van der Waals surface area contributed by atoms with E-state index in [1.165, 1.54) is 6.07 Å². The molecule has 0 aliphatic carbocycles. The van der Waals surface area contributed by atoms with E-state index in [1.54, 1.807) is 12.1 Å². The number of aromatic nitrogens is 2. The summed E-state index contributed by atoms with van der Waals surface area (Å²) in [4.78, 5) is 25.6. The molecule has 9 nitrogen and oxygen atoms in total. The normalized spacial score (nSPS) is 16.2. The number of benzene rings is 2. The zero-order chi connectivity index (χ0) is 21.8. The highest BCUT2D eigenvalue weighted by molar-refractivity contribution is 5.91. The van der Waals surface area contributed by atoms with Crippen molar-refractivity contribution in [1.82, 2.24) is 10.2 Å². The van der Waals surface area contributed by atoms with Gasteiger partial charge in [-0.25, -0.2) is 4.79 Å². The standard InChI is InChI=1S/C22H22N4O5/c1-15-6-5-11-25(13-15)18-10-9-17(12-19(18)26(28)29)22(27)30-14-20-23-24-21(31-20)16-7-3-2-4-8-16/h2-4,7-10,12,15H,5-6,11,13-14H2,1H3. The van der Waals surface area contributed by atoms with Crippen molar-refractivity contribution in [3.63, 3.8) is 0 Å². The molecule has 4 rings (SSSR count). The Kier molecular flexibility index (Phi) is 5.92. The summed E-state index contributed by atoms with van der Waals surface area (Å²) in [5, 5.41) is 19.4. The highest BCUT2D eigenvalue weighted by Crippen LogP contribution is 2.32. The molecule has 1 unspecified atom stereocenters. The van der Waals surface area contributed by atoms with Crippen molar-refractivity contribution in [2.24, 2.45) is 5.92 Å². The lowest BCUT2D eigenvalue weighted by atomic mass is 9.99. The molecule has 0 bridgehead atoms. The van der Waals surface area contributed by atoms with E-state index in [4.69, 9.17) is 9.15 Å². The fraction of sp³-hybridized carbons (Fsp3) is 0.318. The first kappa shape index (κ1) is 20.5. The van der Waals surface area contributed by atoms with Crippen molar-refractivity contribution in [2.45, 2.75) is 26.4 Å². The van der Waals surface area contributed by atoms with Crippen LogP contribution >= 0.6 is 0 Å². The summed E-state index contributed by atoms with van der Waals surface area (Å²) in [7, 11) is 0. The predicted octanol–water partition coefficient (Wildman–Crippen LogP) is 4.24. The van der Waals surface area contributed by atoms with Crippen LogP contribution in [0.25, 0.3) is 11.5 Å². The summed E-state index contributed by atoms with van der Waals surface area (Å²) in [6.45, 7) is 3.42. The first-order valence-corrected chi connectivity index (χ1v) is 10.1. The average molecular weight is 422 g/mol. The molecule has 31 heavy (non-hydrogen) atoms. The lowest BCUT2D eigenvalue weighted by Gasteiger charge is -2.32. The molecule has 2 aromatic carbocycles. The molecule has 0 N–H and O–H groups in total. The number of rotatable bonds is 6. The quantitative estimate of drug-likeness (QED) is 0.329. The number of nitro benzene ring substituents is 1. The Hall–Kier alpha value is -3.75. The first-order valence-electron chi connectivity index (χ1n) is 10.1. The Morgan fingerprint density at radius 3 is 2.81 bits per heavy atom. The number of ether oxygens (including phenoxy) is 1. The molecule has 1 aliphatic heterocycles. The topological polar surface area (TPSA) is 112 Å². The van der Waals surface area contributed by atoms with Crippen LogP contribution in [0.4, 0.5) is 11.4 Å². The summed E-state index contributed by atoms with van der Waals surface area (Å²) in [5.74, 6) is 0.234. The van der Waals surface area contributed by atoms with Gasteiger partial charge in [0.05, 0.1) is 10.5 Å². The number of piperidine rings is 1. The van der Waals surface area contributed by atoms with Crippen LogP contribution in [-0.4, -0.2) is 34.2 Å². The van der Waals surface area contributed by atoms with E-state index in [-0.39, 0.29) is 23.7 Å². The zero-order valence-electron chi connectivity index (χ0n) is 17.1. The number of nitro groups is 1. The van der Waals surface area contributed by atoms with Gasteiger partial charge in [0, 0.05) is 24.7 Å². The second-order valence-corrected chi connectivity index (χ2v) is 7.60. The zero-order valence-corrected chi connectivity index (χ0v) is 17.1. The maximum absolute atomic E-state index is 12.5. The molecule has 160 valence electrons. The number of anilines is 1. The second kappa shape index (κ2) is 8.95. The van der Waals surface area contributed by atoms with Crippen molar-refractivity contribution < 1.29 is 18.9 Å². The van der Waals surface area contributed by atoms with Gasteiger partial charge in [0.25, 0.3) is 11.6 Å². The molecular formula is C22H22N4O5. The van der Waals surface area contributed by atoms with E-state index in [0.717, 1.165) is 31.5 Å². The summed E-state index contributed by atoms with van der Waals surface area (Å²) in [5.41, 5.74) is 1.28. The van der Waals surface area contributed by atoms with Crippen LogP contribution in [0.2, 0.25) is 0 Å². The molecule has 1 aliphatic rings. The first-order chi connectivity index (χ1) is 15.0. The van der Waals surface area contributed by atoms with E-state index in [2.05, 4.69) is 17.1 Å². The fourth-order valence-corrected chi connectivity index (χ4v) is 3.69. The minimum absolute atomic E-state index is 0.100. The minimum Gasteiger partial charge on any atom is -0.452 e. The van der Waals surface area contributed by atoms with Gasteiger partial charge in [0.1, 0.15) is 5.69 Å². The number of carbonyl (C=O) groups excluding carboxylic acids is 1. The molecule has 0 spiro atoms. The second-order valence-electron chi connectivity index (χ2n) is 7.60. The Bertz CT molecular complexity index is 1080. The van der Waals surface area contributed by atoms with Gasteiger partial charge in [0.2, 0.25) is 5.89 Å². The molecule has 1 atom stereocenters. The van der Waals surface area contributed by atoms with Crippen LogP contribution < -0.4 is 4.90 Å². The molecule has 0 radical (unpaired) electrons. The van der Waals surface area contributed by atoms with E-state index in [1.807, 2.05) is 35.2 Å². The summed E-state index contributed by atoms with van der Waals surface area (Å²) < 4.78 is 10.7. The van der Waals surface area contributed by atoms with Gasteiger partial charge in [0.15, 0.2) is 6.61 Å². The third kappa shape index (κ3) is 4.71. The minimum atomic E-state index is -0.693. The smallest absolute Gasteiger partial charge is 0.338 e. The van der Waals surface area contributed by atoms with Crippen molar-refractivity contribution in [3.8, 4) is 11.5 Å². The van der Waals surface area contributed by atoms with Crippen LogP contribution in [0.1, 0.15) is 36.0 Å². The summed E-state index contributed by atoms with van der Waals surface area (Å²) in [6.07, 6.45) is 2.09. The largest absolute Gasteiger partial charge is 0.452 e. The monoisotopic (exact) mass is 422 g/mol. The third-order valence-electron chi connectivity index (χ3n) is 5.22. The van der Waals surface area contributed by atoms with Gasteiger partial charge in [-0.15, -0.1) is 10.2 Å². The van der Waals surface area contributed by atoms with Crippen LogP contribution in [0, 0.1) is 16.0 Å². The number of carbonyl (C=O) groups is 1. The average Bonchev–Trinajstić information content (AvgIpc) is 3.27. The van der Waals surface area contributed by atoms with Crippen molar-refractivity contribution in [3.05, 3.63) is 70.1 Å². The number of hydrogen-bond acceptors (Lipinski definition) is 8. The summed E-state index contributed by atoms with van der Waals surface area (Å²) in [6, 6.07) is 13.7. The predicted molar refractivity (Wildman–Crippen MR) is 113 cm³/mol. The SMILES string of the molecule is CC1CCCN(c2ccc(C(=O)OCc3nnc(-c4ccccc4)o3)cc2[N+](=O)[O-])C1. The highest BCUT2D eigenvalue weighted by atomic mass is 16.6. The van der Waals surface area contributed by atoms with Crippen LogP contribution in [0.3, 0.4) is 0 Å². The number of hydrogen-bond donors (Lipinski definition) is 0. The highest BCUT2D eigenvalue weighted by Gasteiger charge is 2.25. The van der Waals surface area contributed by atoms with Crippen molar-refractivity contribution in [1.29, 1.82) is 0 Å².